The molecule has 0 aliphatic heterocycles. The van der Waals surface area contributed by atoms with E-state index in [-0.39, 0.29) is 37.3 Å². The Morgan fingerprint density at radius 3 is 2.35 bits per heavy atom. The third kappa shape index (κ3) is 6.96. The normalized spacial score (nSPS) is 9.30. The third-order valence-electron chi connectivity index (χ3n) is 2.53. The molecule has 0 unspecified atom stereocenters. The molecular formula is C13H20ClN3O3. The van der Waals surface area contributed by atoms with Crippen LogP contribution in [0.2, 0.25) is 0 Å². The lowest BCUT2D eigenvalue weighted by molar-refractivity contribution is -0.125. The summed E-state index contributed by atoms with van der Waals surface area (Å²) >= 11 is 0. The van der Waals surface area contributed by atoms with Crippen LogP contribution in [-0.2, 0) is 16.0 Å². The molecule has 1 aromatic rings. The fourth-order valence-electron chi connectivity index (χ4n) is 1.45. The number of rotatable bonds is 7. The summed E-state index contributed by atoms with van der Waals surface area (Å²) in [4.78, 5) is 22.2. The minimum Gasteiger partial charge on any atom is -0.497 e. The molecule has 0 aromatic heterocycles. The first kappa shape index (κ1) is 18.2. The van der Waals surface area contributed by atoms with E-state index in [1.165, 1.54) is 0 Å². The average molecular weight is 302 g/mol. The van der Waals surface area contributed by atoms with Gasteiger partial charge in [-0.3, -0.25) is 9.59 Å². The summed E-state index contributed by atoms with van der Waals surface area (Å²) in [6.45, 7) is 0.363. The van der Waals surface area contributed by atoms with E-state index in [9.17, 15) is 9.59 Å². The number of carbonyl (C=O) groups is 2. The molecule has 0 saturated heterocycles. The molecule has 0 spiro atoms. The largest absolute Gasteiger partial charge is 0.497 e. The second-order valence-corrected chi connectivity index (χ2v) is 3.93. The van der Waals surface area contributed by atoms with Gasteiger partial charge in [-0.2, -0.15) is 0 Å². The van der Waals surface area contributed by atoms with E-state index in [0.717, 1.165) is 17.7 Å². The van der Waals surface area contributed by atoms with Crippen molar-refractivity contribution in [2.75, 3.05) is 26.7 Å². The maximum Gasteiger partial charge on any atom is 0.239 e. The zero-order chi connectivity index (χ0) is 14.1. The Kier molecular flexibility index (Phi) is 9.15. The van der Waals surface area contributed by atoms with Crippen LogP contribution in [0.25, 0.3) is 0 Å². The number of ether oxygens (including phenoxy) is 1. The first-order valence-corrected chi connectivity index (χ1v) is 6.02. The van der Waals surface area contributed by atoms with Gasteiger partial charge in [0.05, 0.1) is 20.2 Å². The van der Waals surface area contributed by atoms with Crippen LogP contribution in [-0.4, -0.2) is 38.6 Å². The van der Waals surface area contributed by atoms with Gasteiger partial charge < -0.3 is 21.1 Å². The molecule has 0 atom stereocenters. The van der Waals surface area contributed by atoms with E-state index >= 15 is 0 Å². The fraction of sp³-hybridized carbons (Fsp3) is 0.385. The van der Waals surface area contributed by atoms with Crippen LogP contribution in [0.3, 0.4) is 0 Å². The summed E-state index contributed by atoms with van der Waals surface area (Å²) in [5, 5.41) is 5.12. The molecule has 0 radical (unpaired) electrons. The lowest BCUT2D eigenvalue weighted by Gasteiger charge is -2.07. The molecule has 0 aliphatic carbocycles. The molecule has 2 amide bonds. The van der Waals surface area contributed by atoms with Crippen molar-refractivity contribution < 1.29 is 14.3 Å². The van der Waals surface area contributed by atoms with Gasteiger partial charge in [0.2, 0.25) is 11.8 Å². The van der Waals surface area contributed by atoms with Crippen molar-refractivity contribution in [1.29, 1.82) is 0 Å². The zero-order valence-electron chi connectivity index (χ0n) is 11.3. The quantitative estimate of drug-likeness (QED) is 0.653. The highest BCUT2D eigenvalue weighted by Crippen LogP contribution is 2.11. The summed E-state index contributed by atoms with van der Waals surface area (Å²) < 4.78 is 5.06. The molecule has 0 bridgehead atoms. The van der Waals surface area contributed by atoms with Crippen molar-refractivity contribution in [1.82, 2.24) is 10.6 Å². The molecule has 20 heavy (non-hydrogen) atoms. The summed E-state index contributed by atoms with van der Waals surface area (Å²) in [6, 6.07) is 7.64. The van der Waals surface area contributed by atoms with E-state index in [0.29, 0.717) is 6.54 Å². The second kappa shape index (κ2) is 10.1. The van der Waals surface area contributed by atoms with Gasteiger partial charge in [-0.25, -0.2) is 0 Å². The van der Waals surface area contributed by atoms with Crippen molar-refractivity contribution >= 4 is 24.2 Å². The van der Waals surface area contributed by atoms with E-state index < -0.39 is 0 Å². The monoisotopic (exact) mass is 301 g/mol. The summed E-state index contributed by atoms with van der Waals surface area (Å²) in [6.07, 6.45) is 0.723. The number of methoxy groups -OCH3 is 1. The maximum atomic E-state index is 11.4. The predicted octanol–water partition coefficient (Wildman–Crippen LogP) is -0.149. The van der Waals surface area contributed by atoms with Gasteiger partial charge in [0.15, 0.2) is 0 Å². The number of amides is 2. The molecule has 7 heteroatoms. The number of nitrogens with one attached hydrogen (secondary N) is 2. The molecule has 112 valence electrons. The maximum absolute atomic E-state index is 11.4. The number of hydrogen-bond donors (Lipinski definition) is 3. The molecule has 0 heterocycles. The number of carbonyl (C=O) groups excluding carboxylic acids is 2. The smallest absolute Gasteiger partial charge is 0.239 e. The highest BCUT2D eigenvalue weighted by Gasteiger charge is 2.03. The Morgan fingerprint density at radius 1 is 1.15 bits per heavy atom. The van der Waals surface area contributed by atoms with E-state index in [1.54, 1.807) is 7.11 Å². The lowest BCUT2D eigenvalue weighted by atomic mass is 10.1. The Hall–Kier alpha value is -1.79. The first-order valence-electron chi connectivity index (χ1n) is 6.02. The molecule has 6 nitrogen and oxygen atoms in total. The zero-order valence-corrected chi connectivity index (χ0v) is 12.2. The number of nitrogens with two attached hydrogens (primary N) is 1. The Balaban J connectivity index is 0.00000361. The Labute approximate surface area is 124 Å². The Bertz CT molecular complexity index is 423. The minimum atomic E-state index is -0.342. The average Bonchev–Trinajstić information content (AvgIpc) is 2.45. The van der Waals surface area contributed by atoms with Gasteiger partial charge in [-0.05, 0) is 24.1 Å². The van der Waals surface area contributed by atoms with Crippen LogP contribution in [0.1, 0.15) is 5.56 Å². The second-order valence-electron chi connectivity index (χ2n) is 3.93. The van der Waals surface area contributed by atoms with Crippen LogP contribution >= 0.6 is 12.4 Å². The minimum absolute atomic E-state index is 0. The molecule has 1 aromatic carbocycles. The van der Waals surface area contributed by atoms with Crippen LogP contribution in [0.5, 0.6) is 5.75 Å². The topological polar surface area (TPSA) is 93.5 Å². The van der Waals surface area contributed by atoms with Crippen LogP contribution in [0, 0.1) is 0 Å². The summed E-state index contributed by atoms with van der Waals surface area (Å²) in [5.74, 6) is 0.234. The van der Waals surface area contributed by atoms with Crippen LogP contribution < -0.4 is 21.1 Å². The molecule has 0 aliphatic rings. The van der Waals surface area contributed by atoms with Crippen LogP contribution in [0.15, 0.2) is 24.3 Å². The lowest BCUT2D eigenvalue weighted by Crippen LogP contribution is -2.40. The highest BCUT2D eigenvalue weighted by molar-refractivity contribution is 5.85. The van der Waals surface area contributed by atoms with Crippen molar-refractivity contribution in [2.45, 2.75) is 6.42 Å². The van der Waals surface area contributed by atoms with E-state index in [2.05, 4.69) is 10.6 Å². The van der Waals surface area contributed by atoms with Crippen molar-refractivity contribution in [3.8, 4) is 5.75 Å². The van der Waals surface area contributed by atoms with E-state index in [4.69, 9.17) is 10.5 Å². The molecule has 0 saturated carbocycles. The van der Waals surface area contributed by atoms with Gasteiger partial charge in [-0.1, -0.05) is 12.1 Å². The fourth-order valence-corrected chi connectivity index (χ4v) is 1.45. The van der Waals surface area contributed by atoms with Gasteiger partial charge in [0.25, 0.3) is 0 Å². The highest BCUT2D eigenvalue weighted by atomic mass is 35.5. The third-order valence-corrected chi connectivity index (χ3v) is 2.53. The summed E-state index contributed by atoms with van der Waals surface area (Å²) in [5.41, 5.74) is 6.21. The standard InChI is InChI=1S/C13H19N3O3.ClH/c1-19-11-4-2-10(3-5-11)6-7-15-13(18)9-16-12(17)8-14;/h2-5H,6-9,14H2,1H3,(H,15,18)(H,16,17);1H. The molecular weight excluding hydrogens is 282 g/mol. The van der Waals surface area contributed by atoms with Crippen molar-refractivity contribution in [3.05, 3.63) is 29.8 Å². The molecule has 0 fully saturated rings. The molecule has 1 rings (SSSR count). The van der Waals surface area contributed by atoms with Crippen LogP contribution in [0.4, 0.5) is 0 Å². The van der Waals surface area contributed by atoms with Gasteiger partial charge in [0.1, 0.15) is 5.75 Å². The summed E-state index contributed by atoms with van der Waals surface area (Å²) in [7, 11) is 1.62. The van der Waals surface area contributed by atoms with Gasteiger partial charge in [-0.15, -0.1) is 12.4 Å². The van der Waals surface area contributed by atoms with Crippen molar-refractivity contribution in [2.24, 2.45) is 5.73 Å². The number of hydrogen-bond acceptors (Lipinski definition) is 4. The SMILES string of the molecule is COc1ccc(CCNC(=O)CNC(=O)CN)cc1.Cl. The van der Waals surface area contributed by atoms with Gasteiger partial charge in [0, 0.05) is 6.54 Å². The first-order chi connectivity index (χ1) is 9.15. The predicted molar refractivity (Wildman–Crippen MR) is 79.0 cm³/mol. The number of halogens is 1. The number of benzene rings is 1. The van der Waals surface area contributed by atoms with Gasteiger partial charge >= 0.3 is 0 Å². The van der Waals surface area contributed by atoms with Crippen molar-refractivity contribution in [3.63, 3.8) is 0 Å². The Morgan fingerprint density at radius 2 is 1.80 bits per heavy atom. The molecule has 4 N–H and O–H groups in total. The van der Waals surface area contributed by atoms with E-state index in [1.807, 2.05) is 24.3 Å².